The van der Waals surface area contributed by atoms with Crippen LogP contribution >= 0.6 is 0 Å². The molecule has 588 valence electrons. The molecule has 2 saturated heterocycles. The van der Waals surface area contributed by atoms with Crippen LogP contribution in [-0.4, -0.2) is 148 Å². The number of hydrogen-bond acceptors (Lipinski definition) is 18. The number of ketones is 3. The number of rotatable bonds is 35. The first-order valence-corrected chi connectivity index (χ1v) is 38.6. The second-order valence-corrected chi connectivity index (χ2v) is 28.7. The van der Waals surface area contributed by atoms with Gasteiger partial charge in [-0.15, -0.1) is 0 Å². The largest absolute Gasteiger partial charge is 0.384 e. The van der Waals surface area contributed by atoms with Gasteiger partial charge in [0, 0.05) is 98.6 Å². The Balaban J connectivity index is 0.000000215. The maximum absolute atomic E-state index is 13.5. The zero-order chi connectivity index (χ0) is 79.6. The first-order chi connectivity index (χ1) is 53.5. The third-order valence-electron chi connectivity index (χ3n) is 20.2. The zero-order valence-corrected chi connectivity index (χ0v) is 65.1. The van der Waals surface area contributed by atoms with Crippen molar-refractivity contribution in [3.8, 4) is 0 Å². The number of morpholine rings is 2. The number of amides is 5. The maximum Gasteiger partial charge on any atom is 0.254 e. The van der Waals surface area contributed by atoms with E-state index in [9.17, 15) is 38.4 Å². The fourth-order valence-electron chi connectivity index (χ4n) is 13.1. The van der Waals surface area contributed by atoms with Crippen LogP contribution < -0.4 is 44.2 Å². The average Bonchev–Trinajstić information content (AvgIpc) is 0.863. The van der Waals surface area contributed by atoms with E-state index in [1.54, 1.807) is 43.9 Å². The van der Waals surface area contributed by atoms with Gasteiger partial charge in [0.05, 0.1) is 50.6 Å². The summed E-state index contributed by atoms with van der Waals surface area (Å²) in [5.41, 5.74) is 35.1. The molecule has 8 aromatic rings. The number of Topliss-reactive ketones (excluding diaryl/α,β-unsaturated/α-hetero) is 3. The van der Waals surface area contributed by atoms with Crippen LogP contribution in [0.15, 0.2) is 176 Å². The Labute approximate surface area is 653 Å². The predicted octanol–water partition coefficient (Wildman–Crippen LogP) is 9.72. The van der Waals surface area contributed by atoms with Gasteiger partial charge in [-0.3, -0.25) is 38.4 Å². The van der Waals surface area contributed by atoms with Gasteiger partial charge in [0.1, 0.15) is 17.5 Å². The Bertz CT molecular complexity index is 4100. The van der Waals surface area contributed by atoms with Crippen molar-refractivity contribution in [3.05, 3.63) is 249 Å². The summed E-state index contributed by atoms with van der Waals surface area (Å²) < 4.78 is 10.7. The number of hydrogen-bond donors (Lipinski definition) is 8. The normalized spacial score (nSPS) is 14.3. The van der Waals surface area contributed by atoms with E-state index in [1.807, 2.05) is 159 Å². The van der Waals surface area contributed by atoms with Crippen LogP contribution in [0.2, 0.25) is 0 Å². The number of nitrogens with two attached hydrogens (primary N) is 4. The highest BCUT2D eigenvalue weighted by Crippen LogP contribution is 2.22. The molecule has 2 fully saturated rings. The number of anilines is 3. The van der Waals surface area contributed by atoms with Gasteiger partial charge in [-0.1, -0.05) is 140 Å². The van der Waals surface area contributed by atoms with E-state index in [0.717, 1.165) is 75.3 Å². The SMILES string of the molecule is Cc1nc(N)ccc1CCC(=O)[C@H](C)NC(=O)[C@@H](CCc1ccccc1)CCc1ccc(C(=O)N2CCOCC2)cc1.Cc1nc(N)ccc1CCC(=O)[C@H](C)NC(=O)[C@H](N)CCc1ccccc1.Cc1nc(N)ccc1CNC(=O)[C@H](C)CC(=O)[C@@H](CCc1ccccc1)NCc1ccc(C(=O)N2CCOCC2)cc1. The molecule has 0 bridgehead atoms. The third kappa shape index (κ3) is 28.8. The van der Waals surface area contributed by atoms with E-state index < -0.39 is 30.1 Å². The molecule has 5 amide bonds. The van der Waals surface area contributed by atoms with Crippen molar-refractivity contribution in [2.75, 3.05) is 69.8 Å². The van der Waals surface area contributed by atoms with E-state index in [0.29, 0.717) is 152 Å². The lowest BCUT2D eigenvalue weighted by Gasteiger charge is -2.27. The number of carbonyl (C=O) groups excluding carboxylic acids is 8. The van der Waals surface area contributed by atoms with Gasteiger partial charge >= 0.3 is 0 Å². The highest BCUT2D eigenvalue weighted by molar-refractivity contribution is 5.95. The van der Waals surface area contributed by atoms with Crippen LogP contribution in [0.3, 0.4) is 0 Å². The molecule has 2 aliphatic rings. The highest BCUT2D eigenvalue weighted by Gasteiger charge is 2.28. The Morgan fingerprint density at radius 3 is 1.22 bits per heavy atom. The molecular formula is C88H111N13O10. The van der Waals surface area contributed by atoms with Gasteiger partial charge in [0.25, 0.3) is 11.8 Å². The molecule has 5 heterocycles. The molecule has 12 N–H and O–H groups in total. The number of nitrogens with one attached hydrogen (secondary N) is 4. The molecule has 0 unspecified atom stereocenters. The fraction of sp³-hybridized carbons (Fsp3) is 0.398. The van der Waals surface area contributed by atoms with Crippen LogP contribution in [0.5, 0.6) is 0 Å². The lowest BCUT2D eigenvalue weighted by molar-refractivity contribution is -0.130. The number of carbonyl (C=O) groups is 8. The quantitative estimate of drug-likeness (QED) is 0.0183. The van der Waals surface area contributed by atoms with Crippen molar-refractivity contribution >= 4 is 64.3 Å². The Hall–Kier alpha value is -10.9. The molecule has 3 aromatic heterocycles. The third-order valence-corrected chi connectivity index (χ3v) is 20.2. The molecule has 6 atom stereocenters. The van der Waals surface area contributed by atoms with Gasteiger partial charge in [0.2, 0.25) is 17.7 Å². The minimum absolute atomic E-state index is 0.00183. The first kappa shape index (κ1) is 85.8. The van der Waals surface area contributed by atoms with Crippen molar-refractivity contribution in [2.45, 2.75) is 162 Å². The van der Waals surface area contributed by atoms with Gasteiger partial charge < -0.3 is 63.5 Å². The molecular weight excluding hydrogens is 1400 g/mol. The Morgan fingerprint density at radius 1 is 0.414 bits per heavy atom. The number of aryl methyl sites for hydroxylation is 9. The summed E-state index contributed by atoms with van der Waals surface area (Å²) >= 11 is 0. The van der Waals surface area contributed by atoms with Crippen LogP contribution in [0, 0.1) is 32.6 Å². The van der Waals surface area contributed by atoms with Crippen LogP contribution in [-0.2, 0) is 89.9 Å². The van der Waals surface area contributed by atoms with Gasteiger partial charge in [-0.25, -0.2) is 15.0 Å². The van der Waals surface area contributed by atoms with Crippen molar-refractivity contribution < 1.29 is 47.8 Å². The summed E-state index contributed by atoms with van der Waals surface area (Å²) in [4.78, 5) is 119. The van der Waals surface area contributed by atoms with Crippen molar-refractivity contribution in [1.29, 1.82) is 0 Å². The Morgan fingerprint density at radius 2 is 0.793 bits per heavy atom. The number of pyridine rings is 3. The van der Waals surface area contributed by atoms with E-state index in [4.69, 9.17) is 32.4 Å². The number of aromatic nitrogens is 3. The van der Waals surface area contributed by atoms with E-state index >= 15 is 0 Å². The standard InChI is InChI=1S/C34H42N4O4.C33H41N5O4.C21H28N4O2/c1-24-28(17-19-32(35)36-24)16-18-31(39)25(2)37-33(40)29(12-8-26-6-4-3-5-7-26)13-9-27-10-14-30(15-11-27)34(41)38-20-22-42-23-21-38;1-23(32(40)36-22-28-13-15-31(34)37-24(28)2)20-30(39)29(14-10-25-6-4-3-5-7-25)35-21-26-8-11-27(12-9-26)33(41)38-16-18-42-19-17-38;1-14-17(10-13-20(23)24-14)9-12-19(26)15(2)25-21(27)18(22)11-8-16-6-4-3-5-7-16/h3-7,10-11,14-15,17,19,25,29H,8-9,12-13,16,18,20-23H2,1-2H3,(H2,35,36)(H,37,40);3-9,11-13,15,23,29,35H,10,14,16-22H2,1-2H3,(H2,34,37)(H,36,40);3-7,10,13,15,18H,8-9,11-12,22H2,1-2H3,(H2,23,24)(H,25,27)/t25-,29-;23-,29-;15-,18+/m010/s1. The van der Waals surface area contributed by atoms with E-state index in [1.165, 1.54) is 5.56 Å². The van der Waals surface area contributed by atoms with Crippen molar-refractivity contribution in [2.24, 2.45) is 17.6 Å². The van der Waals surface area contributed by atoms with Gasteiger partial charge in [-0.05, 0) is 186 Å². The summed E-state index contributed by atoms with van der Waals surface area (Å²) in [5, 5.41) is 12.1. The molecule has 23 heteroatoms. The molecule has 5 aromatic carbocycles. The fourth-order valence-corrected chi connectivity index (χ4v) is 13.1. The summed E-state index contributed by atoms with van der Waals surface area (Å²) in [7, 11) is 0. The summed E-state index contributed by atoms with van der Waals surface area (Å²) in [6.45, 7) is 16.3. The number of nitrogen functional groups attached to an aromatic ring is 3. The monoisotopic (exact) mass is 1510 g/mol. The molecule has 23 nitrogen and oxygen atoms in total. The highest BCUT2D eigenvalue weighted by atomic mass is 16.5. The zero-order valence-electron chi connectivity index (χ0n) is 65.1. The number of nitrogens with zero attached hydrogens (tertiary/aromatic N) is 5. The lowest BCUT2D eigenvalue weighted by atomic mass is 9.91. The van der Waals surface area contributed by atoms with Gasteiger partial charge in [0.15, 0.2) is 17.3 Å². The average molecular weight is 1510 g/mol. The minimum atomic E-state index is -0.635. The molecule has 0 radical (unpaired) electrons. The maximum atomic E-state index is 13.5. The molecule has 0 spiro atoms. The van der Waals surface area contributed by atoms with Crippen LogP contribution in [0.1, 0.15) is 148 Å². The first-order valence-electron chi connectivity index (χ1n) is 38.6. The number of benzene rings is 5. The Kier molecular flexibility index (Phi) is 34.5. The minimum Gasteiger partial charge on any atom is -0.384 e. The van der Waals surface area contributed by atoms with E-state index in [-0.39, 0.29) is 59.2 Å². The summed E-state index contributed by atoms with van der Waals surface area (Å²) in [6, 6.07) is 53.9. The molecule has 0 saturated carbocycles. The summed E-state index contributed by atoms with van der Waals surface area (Å²) in [6.07, 6.45) is 7.31. The van der Waals surface area contributed by atoms with Gasteiger partial charge in [-0.2, -0.15) is 0 Å². The van der Waals surface area contributed by atoms with Crippen molar-refractivity contribution in [3.63, 3.8) is 0 Å². The van der Waals surface area contributed by atoms with E-state index in [2.05, 4.69) is 60.5 Å². The second-order valence-electron chi connectivity index (χ2n) is 28.7. The molecule has 111 heavy (non-hydrogen) atoms. The topological polar surface area (TPSA) is 352 Å². The lowest BCUT2D eigenvalue weighted by Crippen LogP contribution is -2.47. The molecule has 0 aliphatic carbocycles. The molecule has 2 aliphatic heterocycles. The number of ether oxygens (including phenoxy) is 2. The van der Waals surface area contributed by atoms with Crippen LogP contribution in [0.25, 0.3) is 0 Å². The predicted molar refractivity (Wildman–Crippen MR) is 434 cm³/mol. The van der Waals surface area contributed by atoms with Crippen molar-refractivity contribution in [1.82, 2.24) is 46.0 Å². The molecule has 10 rings (SSSR count). The smallest absolute Gasteiger partial charge is 0.254 e. The van der Waals surface area contributed by atoms with Crippen LogP contribution in [0.4, 0.5) is 17.5 Å². The second kappa shape index (κ2) is 44.7. The summed E-state index contributed by atoms with van der Waals surface area (Å²) in [5.74, 6) is 0.0351.